The predicted molar refractivity (Wildman–Crippen MR) is 78.7 cm³/mol. The van der Waals surface area contributed by atoms with Crippen molar-refractivity contribution in [2.75, 3.05) is 31.2 Å². The third-order valence-corrected chi connectivity index (χ3v) is 3.80. The fourth-order valence-electron chi connectivity index (χ4n) is 2.64. The van der Waals surface area contributed by atoms with E-state index in [2.05, 4.69) is 16.0 Å². The molecule has 1 aromatic carbocycles. The van der Waals surface area contributed by atoms with E-state index in [1.54, 1.807) is 12.1 Å². The van der Waals surface area contributed by atoms with Crippen molar-refractivity contribution in [3.63, 3.8) is 0 Å². The summed E-state index contributed by atoms with van der Waals surface area (Å²) in [5.41, 5.74) is 3.29. The molecule has 4 nitrogen and oxygen atoms in total. The van der Waals surface area contributed by atoms with E-state index in [-0.39, 0.29) is 5.82 Å². The number of aromatic nitrogens is 1. The predicted octanol–water partition coefficient (Wildman–Crippen LogP) is 2.84. The Morgan fingerprint density at radius 2 is 1.90 bits per heavy atom. The van der Waals surface area contributed by atoms with Gasteiger partial charge in [-0.15, -0.1) is 0 Å². The van der Waals surface area contributed by atoms with Crippen LogP contribution in [-0.2, 0) is 4.74 Å². The summed E-state index contributed by atoms with van der Waals surface area (Å²) in [5, 5.41) is 9.45. The fraction of sp³-hybridized carbons (Fsp3) is 0.312. The highest BCUT2D eigenvalue weighted by molar-refractivity contribution is 5.74. The Morgan fingerprint density at radius 3 is 2.52 bits per heavy atom. The van der Waals surface area contributed by atoms with Crippen LogP contribution < -0.4 is 4.90 Å². The zero-order valence-corrected chi connectivity index (χ0v) is 11.8. The van der Waals surface area contributed by atoms with Crippen molar-refractivity contribution >= 4 is 5.82 Å². The molecule has 1 N–H and O–H groups in total. The maximum atomic E-state index is 13.1. The number of aromatic amines is 1. The van der Waals surface area contributed by atoms with Gasteiger partial charge in [-0.05, 0) is 42.3 Å². The van der Waals surface area contributed by atoms with Crippen LogP contribution in [-0.4, -0.2) is 31.3 Å². The molecule has 2 heterocycles. The van der Waals surface area contributed by atoms with Crippen LogP contribution in [0.3, 0.4) is 0 Å². The minimum atomic E-state index is -0.267. The Balaban J connectivity index is 2.04. The zero-order valence-electron chi connectivity index (χ0n) is 11.8. The van der Waals surface area contributed by atoms with Gasteiger partial charge in [0.1, 0.15) is 17.7 Å². The molecular weight excluding hydrogens is 269 g/mol. The van der Waals surface area contributed by atoms with Gasteiger partial charge < -0.3 is 14.6 Å². The lowest BCUT2D eigenvalue weighted by atomic mass is 10.1. The van der Waals surface area contributed by atoms with E-state index < -0.39 is 0 Å². The molecular formula is C16H16FN3O. The van der Waals surface area contributed by atoms with Crippen molar-refractivity contribution in [2.24, 2.45) is 0 Å². The molecule has 0 unspecified atom stereocenters. The van der Waals surface area contributed by atoms with Crippen LogP contribution in [0.5, 0.6) is 0 Å². The number of hydrogen-bond acceptors (Lipinski definition) is 3. The Bertz CT molecular complexity index is 679. The lowest BCUT2D eigenvalue weighted by Gasteiger charge is -2.27. The van der Waals surface area contributed by atoms with E-state index in [0.717, 1.165) is 35.7 Å². The van der Waals surface area contributed by atoms with Crippen LogP contribution in [0.2, 0.25) is 0 Å². The highest BCUT2D eigenvalue weighted by atomic mass is 19.1. The van der Waals surface area contributed by atoms with Crippen molar-refractivity contribution < 1.29 is 9.13 Å². The molecule has 2 aromatic rings. The summed E-state index contributed by atoms with van der Waals surface area (Å²) in [6.45, 7) is 4.76. The maximum Gasteiger partial charge on any atom is 0.125 e. The van der Waals surface area contributed by atoms with Gasteiger partial charge in [0, 0.05) is 13.1 Å². The second-order valence-electron chi connectivity index (χ2n) is 5.07. The largest absolute Gasteiger partial charge is 0.378 e. The minimum Gasteiger partial charge on any atom is -0.378 e. The molecule has 3 rings (SSSR count). The van der Waals surface area contributed by atoms with Gasteiger partial charge in [0.2, 0.25) is 0 Å². The van der Waals surface area contributed by atoms with Gasteiger partial charge in [-0.2, -0.15) is 5.26 Å². The first-order chi connectivity index (χ1) is 10.2. The summed E-state index contributed by atoms with van der Waals surface area (Å²) in [4.78, 5) is 5.46. The number of H-pyrrole nitrogens is 1. The maximum absolute atomic E-state index is 13.1. The molecule has 0 atom stereocenters. The molecule has 0 spiro atoms. The van der Waals surface area contributed by atoms with Crippen molar-refractivity contribution in [3.05, 3.63) is 41.2 Å². The molecule has 1 fully saturated rings. The van der Waals surface area contributed by atoms with Crippen LogP contribution >= 0.6 is 0 Å². The number of halogens is 1. The van der Waals surface area contributed by atoms with Gasteiger partial charge in [-0.1, -0.05) is 0 Å². The van der Waals surface area contributed by atoms with Crippen LogP contribution in [0, 0.1) is 24.1 Å². The van der Waals surface area contributed by atoms with Gasteiger partial charge >= 0.3 is 0 Å². The van der Waals surface area contributed by atoms with Gasteiger partial charge in [-0.25, -0.2) is 4.39 Å². The molecule has 0 aliphatic carbocycles. The monoisotopic (exact) mass is 285 g/mol. The summed E-state index contributed by atoms with van der Waals surface area (Å²) in [6.07, 6.45) is 0. The van der Waals surface area contributed by atoms with Crippen molar-refractivity contribution in [1.82, 2.24) is 4.98 Å². The first-order valence-electron chi connectivity index (χ1n) is 6.92. The number of ether oxygens (including phenoxy) is 1. The highest BCUT2D eigenvalue weighted by Crippen LogP contribution is 2.32. The van der Waals surface area contributed by atoms with E-state index in [4.69, 9.17) is 4.74 Å². The smallest absolute Gasteiger partial charge is 0.125 e. The molecule has 1 aliphatic heterocycles. The van der Waals surface area contributed by atoms with E-state index in [9.17, 15) is 9.65 Å². The summed E-state index contributed by atoms with van der Waals surface area (Å²) in [6, 6.07) is 8.57. The quantitative estimate of drug-likeness (QED) is 0.923. The first-order valence-corrected chi connectivity index (χ1v) is 6.92. The Labute approximate surface area is 122 Å². The van der Waals surface area contributed by atoms with Crippen LogP contribution in [0.1, 0.15) is 11.1 Å². The van der Waals surface area contributed by atoms with Crippen molar-refractivity contribution in [1.29, 1.82) is 5.26 Å². The molecule has 0 bridgehead atoms. The third-order valence-electron chi connectivity index (χ3n) is 3.80. The van der Waals surface area contributed by atoms with Crippen LogP contribution in [0.25, 0.3) is 11.3 Å². The lowest BCUT2D eigenvalue weighted by molar-refractivity contribution is 0.122. The number of benzene rings is 1. The molecule has 1 saturated heterocycles. The second-order valence-corrected chi connectivity index (χ2v) is 5.07. The number of rotatable bonds is 2. The average molecular weight is 285 g/mol. The van der Waals surface area contributed by atoms with Gasteiger partial charge in [-0.3, -0.25) is 0 Å². The van der Waals surface area contributed by atoms with Crippen LogP contribution in [0.4, 0.5) is 10.2 Å². The standard InChI is InChI=1S/C16H16FN3O/c1-11-14(10-18)16(20-6-8-21-9-7-20)19-15(11)12-2-4-13(17)5-3-12/h2-5,19H,6-9H2,1H3. The van der Waals surface area contributed by atoms with Crippen LogP contribution in [0.15, 0.2) is 24.3 Å². The molecule has 0 radical (unpaired) electrons. The topological polar surface area (TPSA) is 52.0 Å². The summed E-state index contributed by atoms with van der Waals surface area (Å²) < 4.78 is 18.4. The lowest BCUT2D eigenvalue weighted by Crippen LogP contribution is -2.36. The fourth-order valence-corrected chi connectivity index (χ4v) is 2.64. The number of morpholine rings is 1. The number of nitrogens with one attached hydrogen (secondary N) is 1. The number of anilines is 1. The van der Waals surface area contributed by atoms with Crippen molar-refractivity contribution in [3.8, 4) is 17.3 Å². The third kappa shape index (κ3) is 2.50. The molecule has 1 aliphatic rings. The number of nitriles is 1. The van der Waals surface area contributed by atoms with E-state index in [1.807, 2.05) is 6.92 Å². The number of hydrogen-bond donors (Lipinski definition) is 1. The van der Waals surface area contributed by atoms with Crippen molar-refractivity contribution in [2.45, 2.75) is 6.92 Å². The van der Waals surface area contributed by atoms with Gasteiger partial charge in [0.05, 0.1) is 24.5 Å². The first kappa shape index (κ1) is 13.7. The van der Waals surface area contributed by atoms with Gasteiger partial charge in [0.15, 0.2) is 0 Å². The Hall–Kier alpha value is -2.32. The second kappa shape index (κ2) is 5.58. The Kier molecular flexibility index (Phi) is 3.63. The summed E-state index contributed by atoms with van der Waals surface area (Å²) >= 11 is 0. The Morgan fingerprint density at radius 1 is 1.24 bits per heavy atom. The SMILES string of the molecule is Cc1c(-c2ccc(F)cc2)[nH]c(N2CCOCC2)c1C#N. The highest BCUT2D eigenvalue weighted by Gasteiger charge is 2.21. The minimum absolute atomic E-state index is 0.267. The van der Waals surface area contributed by atoms with E-state index >= 15 is 0 Å². The normalized spacial score (nSPS) is 15.0. The van der Waals surface area contributed by atoms with Gasteiger partial charge in [0.25, 0.3) is 0 Å². The molecule has 5 heteroatoms. The van der Waals surface area contributed by atoms with E-state index in [0.29, 0.717) is 18.8 Å². The zero-order chi connectivity index (χ0) is 14.8. The summed E-state index contributed by atoms with van der Waals surface area (Å²) in [5.74, 6) is 0.564. The molecule has 0 amide bonds. The number of nitrogens with zero attached hydrogens (tertiary/aromatic N) is 2. The molecule has 108 valence electrons. The average Bonchev–Trinajstić information content (AvgIpc) is 2.86. The van der Waals surface area contributed by atoms with E-state index in [1.165, 1.54) is 12.1 Å². The molecule has 21 heavy (non-hydrogen) atoms. The molecule has 0 saturated carbocycles. The summed E-state index contributed by atoms with van der Waals surface area (Å²) in [7, 11) is 0. The molecule has 1 aromatic heterocycles.